The normalized spacial score (nSPS) is 13.9. The van der Waals surface area contributed by atoms with Crippen LogP contribution in [0.15, 0.2) is 48.5 Å². The molecule has 0 bridgehead atoms. The number of benzene rings is 2. The molecule has 0 radical (unpaired) electrons. The molecule has 0 atom stereocenters. The smallest absolute Gasteiger partial charge is 0.338 e. The standard InChI is InChI=1S/C20H22N2O4/c23-18-6-4-5-15(13-18)20(25)26-14-19(24)21-16-7-9-17(10-8-16)22-11-2-1-3-12-22/h4-10,13,23H,1-3,11-12,14H2,(H,21,24). The Morgan fingerprint density at radius 3 is 2.46 bits per heavy atom. The fraction of sp³-hybridized carbons (Fsp3) is 0.300. The van der Waals surface area contributed by atoms with Crippen molar-refractivity contribution in [3.8, 4) is 5.75 Å². The molecule has 2 aromatic rings. The summed E-state index contributed by atoms with van der Waals surface area (Å²) in [5, 5.41) is 12.1. The number of nitrogens with zero attached hydrogens (tertiary/aromatic N) is 1. The molecule has 3 rings (SSSR count). The van der Waals surface area contributed by atoms with Crippen LogP contribution in [-0.4, -0.2) is 36.7 Å². The lowest BCUT2D eigenvalue weighted by molar-refractivity contribution is -0.119. The van der Waals surface area contributed by atoms with Gasteiger partial charge in [-0.3, -0.25) is 4.79 Å². The van der Waals surface area contributed by atoms with Crippen molar-refractivity contribution in [1.29, 1.82) is 0 Å². The number of aromatic hydroxyl groups is 1. The van der Waals surface area contributed by atoms with E-state index in [-0.39, 0.29) is 17.9 Å². The average molecular weight is 354 g/mol. The van der Waals surface area contributed by atoms with Gasteiger partial charge in [0.05, 0.1) is 5.56 Å². The topological polar surface area (TPSA) is 78.9 Å². The van der Waals surface area contributed by atoms with Crippen molar-refractivity contribution in [2.75, 3.05) is 29.9 Å². The number of amides is 1. The van der Waals surface area contributed by atoms with Gasteiger partial charge < -0.3 is 20.1 Å². The maximum atomic E-state index is 12.0. The number of rotatable bonds is 5. The molecule has 0 unspecified atom stereocenters. The van der Waals surface area contributed by atoms with Crippen LogP contribution in [0.5, 0.6) is 5.75 Å². The minimum atomic E-state index is -0.656. The quantitative estimate of drug-likeness (QED) is 0.806. The Labute approximate surface area is 152 Å². The molecule has 0 saturated carbocycles. The third kappa shape index (κ3) is 4.75. The first-order valence-corrected chi connectivity index (χ1v) is 8.73. The van der Waals surface area contributed by atoms with Gasteiger partial charge in [-0.25, -0.2) is 4.79 Å². The zero-order valence-corrected chi connectivity index (χ0v) is 14.5. The Balaban J connectivity index is 1.49. The molecular formula is C20H22N2O4. The molecule has 1 aliphatic rings. The number of hydrogen-bond acceptors (Lipinski definition) is 5. The summed E-state index contributed by atoms with van der Waals surface area (Å²) in [7, 11) is 0. The second-order valence-corrected chi connectivity index (χ2v) is 6.27. The second kappa shape index (κ2) is 8.38. The number of piperidine rings is 1. The summed E-state index contributed by atoms with van der Waals surface area (Å²) in [6.07, 6.45) is 3.71. The van der Waals surface area contributed by atoms with E-state index in [9.17, 15) is 14.7 Å². The largest absolute Gasteiger partial charge is 0.508 e. The van der Waals surface area contributed by atoms with E-state index in [4.69, 9.17) is 4.74 Å². The minimum absolute atomic E-state index is 0.0299. The highest BCUT2D eigenvalue weighted by Crippen LogP contribution is 2.21. The van der Waals surface area contributed by atoms with Crippen molar-refractivity contribution in [2.45, 2.75) is 19.3 Å². The minimum Gasteiger partial charge on any atom is -0.508 e. The van der Waals surface area contributed by atoms with Gasteiger partial charge in [0.1, 0.15) is 5.75 Å². The van der Waals surface area contributed by atoms with E-state index in [1.54, 1.807) is 0 Å². The first kappa shape index (κ1) is 17.8. The molecule has 1 heterocycles. The summed E-state index contributed by atoms with van der Waals surface area (Å²) >= 11 is 0. The number of esters is 1. The van der Waals surface area contributed by atoms with Crippen LogP contribution >= 0.6 is 0 Å². The summed E-state index contributed by atoms with van der Waals surface area (Å²) in [4.78, 5) is 26.1. The lowest BCUT2D eigenvalue weighted by Crippen LogP contribution is -2.29. The zero-order valence-electron chi connectivity index (χ0n) is 14.5. The molecule has 6 nitrogen and oxygen atoms in total. The summed E-state index contributed by atoms with van der Waals surface area (Å²) in [5.41, 5.74) is 2.01. The van der Waals surface area contributed by atoms with Gasteiger partial charge >= 0.3 is 5.97 Å². The monoisotopic (exact) mass is 354 g/mol. The van der Waals surface area contributed by atoms with Gasteiger partial charge in [-0.1, -0.05) is 6.07 Å². The zero-order chi connectivity index (χ0) is 18.4. The van der Waals surface area contributed by atoms with E-state index < -0.39 is 11.9 Å². The summed E-state index contributed by atoms with van der Waals surface area (Å²) in [6.45, 7) is 1.75. The molecule has 2 aromatic carbocycles. The maximum Gasteiger partial charge on any atom is 0.338 e. The van der Waals surface area contributed by atoms with Crippen LogP contribution in [0.3, 0.4) is 0 Å². The number of ether oxygens (including phenoxy) is 1. The van der Waals surface area contributed by atoms with E-state index in [0.29, 0.717) is 5.69 Å². The number of carbonyl (C=O) groups excluding carboxylic acids is 2. The van der Waals surface area contributed by atoms with Crippen LogP contribution < -0.4 is 10.2 Å². The summed E-state index contributed by atoms with van der Waals surface area (Å²) in [6, 6.07) is 13.5. The van der Waals surface area contributed by atoms with Crippen LogP contribution in [0.1, 0.15) is 29.6 Å². The number of hydrogen-bond donors (Lipinski definition) is 2. The van der Waals surface area contributed by atoms with Gasteiger partial charge in [-0.15, -0.1) is 0 Å². The first-order valence-electron chi connectivity index (χ1n) is 8.73. The lowest BCUT2D eigenvalue weighted by atomic mass is 10.1. The summed E-state index contributed by atoms with van der Waals surface area (Å²) < 4.78 is 4.97. The Morgan fingerprint density at radius 1 is 1.04 bits per heavy atom. The number of phenolic OH excluding ortho intramolecular Hbond substituents is 1. The van der Waals surface area contributed by atoms with Crippen molar-refractivity contribution in [1.82, 2.24) is 0 Å². The highest BCUT2D eigenvalue weighted by atomic mass is 16.5. The van der Waals surface area contributed by atoms with E-state index in [1.807, 2.05) is 24.3 Å². The molecule has 0 aliphatic carbocycles. The number of anilines is 2. The molecule has 136 valence electrons. The van der Waals surface area contributed by atoms with E-state index >= 15 is 0 Å². The highest BCUT2D eigenvalue weighted by Gasteiger charge is 2.12. The molecule has 2 N–H and O–H groups in total. The lowest BCUT2D eigenvalue weighted by Gasteiger charge is -2.28. The molecule has 1 amide bonds. The maximum absolute atomic E-state index is 12.0. The van der Waals surface area contributed by atoms with Crippen LogP contribution in [0, 0.1) is 0 Å². The van der Waals surface area contributed by atoms with Crippen molar-refractivity contribution < 1.29 is 19.4 Å². The van der Waals surface area contributed by atoms with Gasteiger partial charge in [-0.2, -0.15) is 0 Å². The molecule has 26 heavy (non-hydrogen) atoms. The molecule has 1 fully saturated rings. The molecule has 6 heteroatoms. The Kier molecular flexibility index (Phi) is 5.73. The van der Waals surface area contributed by atoms with Crippen molar-refractivity contribution in [3.63, 3.8) is 0 Å². The predicted molar refractivity (Wildman–Crippen MR) is 99.5 cm³/mol. The van der Waals surface area contributed by atoms with Gasteiger partial charge in [0.25, 0.3) is 5.91 Å². The predicted octanol–water partition coefficient (Wildman–Crippen LogP) is 3.18. The van der Waals surface area contributed by atoms with E-state index in [1.165, 1.54) is 43.5 Å². The van der Waals surface area contributed by atoms with Crippen LogP contribution in [0.2, 0.25) is 0 Å². The van der Waals surface area contributed by atoms with E-state index in [2.05, 4.69) is 10.2 Å². The van der Waals surface area contributed by atoms with E-state index in [0.717, 1.165) is 18.8 Å². The third-order valence-corrected chi connectivity index (χ3v) is 4.29. The Hall–Kier alpha value is -3.02. The van der Waals surface area contributed by atoms with Crippen LogP contribution in [0.25, 0.3) is 0 Å². The number of phenols is 1. The van der Waals surface area contributed by atoms with Crippen molar-refractivity contribution >= 4 is 23.3 Å². The summed E-state index contributed by atoms with van der Waals surface area (Å²) in [5.74, 6) is -1.10. The van der Waals surface area contributed by atoms with Crippen LogP contribution in [-0.2, 0) is 9.53 Å². The van der Waals surface area contributed by atoms with Crippen molar-refractivity contribution in [3.05, 3.63) is 54.1 Å². The highest BCUT2D eigenvalue weighted by molar-refractivity contribution is 5.95. The fourth-order valence-corrected chi connectivity index (χ4v) is 2.95. The van der Waals surface area contributed by atoms with Gasteiger partial charge in [-0.05, 0) is 61.7 Å². The molecule has 0 spiro atoms. The van der Waals surface area contributed by atoms with Gasteiger partial charge in [0, 0.05) is 24.5 Å². The Morgan fingerprint density at radius 2 is 1.77 bits per heavy atom. The third-order valence-electron chi connectivity index (χ3n) is 4.29. The second-order valence-electron chi connectivity index (χ2n) is 6.27. The molecular weight excluding hydrogens is 332 g/mol. The average Bonchev–Trinajstić information content (AvgIpc) is 2.67. The molecule has 0 aromatic heterocycles. The van der Waals surface area contributed by atoms with Gasteiger partial charge in [0.2, 0.25) is 0 Å². The molecule has 1 aliphatic heterocycles. The fourth-order valence-electron chi connectivity index (χ4n) is 2.95. The Bertz CT molecular complexity index is 768. The number of nitrogens with one attached hydrogen (secondary N) is 1. The van der Waals surface area contributed by atoms with Gasteiger partial charge in [0.15, 0.2) is 6.61 Å². The van der Waals surface area contributed by atoms with Crippen LogP contribution in [0.4, 0.5) is 11.4 Å². The van der Waals surface area contributed by atoms with Crippen molar-refractivity contribution in [2.24, 2.45) is 0 Å². The first-order chi connectivity index (χ1) is 12.6. The molecule has 1 saturated heterocycles. The SMILES string of the molecule is O=C(COC(=O)c1cccc(O)c1)Nc1ccc(N2CCCCC2)cc1. The number of carbonyl (C=O) groups is 2.